The zero-order chi connectivity index (χ0) is 12.1. The first-order valence-electron chi connectivity index (χ1n) is 4.99. The summed E-state index contributed by atoms with van der Waals surface area (Å²) in [4.78, 5) is 18.3. The van der Waals surface area contributed by atoms with Gasteiger partial charge in [0.2, 0.25) is 0 Å². The van der Waals surface area contributed by atoms with E-state index in [-0.39, 0.29) is 11.7 Å². The summed E-state index contributed by atoms with van der Waals surface area (Å²) in [7, 11) is 0. The van der Waals surface area contributed by atoms with E-state index >= 15 is 0 Å². The van der Waals surface area contributed by atoms with Gasteiger partial charge in [0.15, 0.2) is 5.69 Å². The van der Waals surface area contributed by atoms with E-state index in [1.807, 2.05) is 30.3 Å². The van der Waals surface area contributed by atoms with Gasteiger partial charge in [0.05, 0.1) is 0 Å². The van der Waals surface area contributed by atoms with Gasteiger partial charge in [-0.25, -0.2) is 9.78 Å². The molecule has 0 fully saturated rings. The Morgan fingerprint density at radius 3 is 2.71 bits per heavy atom. The highest BCUT2D eigenvalue weighted by atomic mass is 16.5. The van der Waals surface area contributed by atoms with Crippen molar-refractivity contribution in [1.82, 2.24) is 9.97 Å². The number of aromatic nitrogens is 2. The lowest BCUT2D eigenvalue weighted by Gasteiger charge is -2.04. The molecule has 0 spiro atoms. The minimum atomic E-state index is -1.10. The largest absolute Gasteiger partial charge is 0.477 e. The topological polar surface area (TPSA) is 72.3 Å². The molecule has 1 N–H and O–H groups in total. The summed E-state index contributed by atoms with van der Waals surface area (Å²) in [6, 6.07) is 10.9. The quantitative estimate of drug-likeness (QED) is 0.866. The van der Waals surface area contributed by atoms with Gasteiger partial charge < -0.3 is 9.84 Å². The van der Waals surface area contributed by atoms with Crippen molar-refractivity contribution in [3.8, 4) is 6.01 Å². The summed E-state index contributed by atoms with van der Waals surface area (Å²) in [6.07, 6.45) is 1.36. The second-order valence-corrected chi connectivity index (χ2v) is 3.30. The maximum Gasteiger partial charge on any atom is 0.354 e. The molecule has 0 aliphatic heterocycles. The molecule has 2 rings (SSSR count). The van der Waals surface area contributed by atoms with Crippen molar-refractivity contribution >= 4 is 5.97 Å². The van der Waals surface area contributed by atoms with E-state index in [1.165, 1.54) is 12.3 Å². The van der Waals surface area contributed by atoms with Crippen LogP contribution < -0.4 is 4.74 Å². The second-order valence-electron chi connectivity index (χ2n) is 3.30. The highest BCUT2D eigenvalue weighted by molar-refractivity contribution is 5.85. The summed E-state index contributed by atoms with van der Waals surface area (Å²) >= 11 is 0. The zero-order valence-electron chi connectivity index (χ0n) is 8.91. The summed E-state index contributed by atoms with van der Waals surface area (Å²) in [5.74, 6) is -1.10. The summed E-state index contributed by atoms with van der Waals surface area (Å²) in [5, 5.41) is 8.75. The van der Waals surface area contributed by atoms with Gasteiger partial charge in [0.1, 0.15) is 6.61 Å². The van der Waals surface area contributed by atoms with Crippen LogP contribution in [0.15, 0.2) is 42.6 Å². The number of aromatic carboxylic acids is 1. The summed E-state index contributed by atoms with van der Waals surface area (Å²) in [5.41, 5.74) is 0.889. The molecule has 0 unspecified atom stereocenters. The maximum absolute atomic E-state index is 10.7. The lowest BCUT2D eigenvalue weighted by Crippen LogP contribution is -2.04. The number of nitrogens with zero attached hydrogens (tertiary/aromatic N) is 2. The highest BCUT2D eigenvalue weighted by Gasteiger charge is 2.06. The number of carboxylic acid groups (broad SMARTS) is 1. The first kappa shape index (κ1) is 11.1. The van der Waals surface area contributed by atoms with Crippen LogP contribution in [0.4, 0.5) is 0 Å². The van der Waals surface area contributed by atoms with E-state index in [4.69, 9.17) is 9.84 Å². The molecule has 0 saturated carbocycles. The molecule has 86 valence electrons. The van der Waals surface area contributed by atoms with Gasteiger partial charge in [-0.2, -0.15) is 4.98 Å². The van der Waals surface area contributed by atoms with E-state index in [0.29, 0.717) is 6.61 Å². The molecule has 2 aromatic rings. The third-order valence-corrected chi connectivity index (χ3v) is 2.06. The molecule has 0 bridgehead atoms. The fourth-order valence-electron chi connectivity index (χ4n) is 1.25. The average molecular weight is 230 g/mol. The monoisotopic (exact) mass is 230 g/mol. The first-order chi connectivity index (χ1) is 8.25. The number of carboxylic acids is 1. The molecule has 1 aromatic carbocycles. The van der Waals surface area contributed by atoms with Crippen molar-refractivity contribution in [3.05, 3.63) is 53.9 Å². The Bertz CT molecular complexity index is 514. The SMILES string of the molecule is O=C(O)c1ccnc(OCc2ccccc2)n1. The Labute approximate surface area is 97.7 Å². The van der Waals surface area contributed by atoms with Crippen LogP contribution in [0.5, 0.6) is 6.01 Å². The fraction of sp³-hybridized carbons (Fsp3) is 0.0833. The number of benzene rings is 1. The predicted octanol–water partition coefficient (Wildman–Crippen LogP) is 1.75. The van der Waals surface area contributed by atoms with Gasteiger partial charge >= 0.3 is 12.0 Å². The Kier molecular flexibility index (Phi) is 3.30. The summed E-state index contributed by atoms with van der Waals surface area (Å²) in [6.45, 7) is 0.309. The zero-order valence-corrected chi connectivity index (χ0v) is 8.91. The molecule has 0 amide bonds. The Morgan fingerprint density at radius 2 is 2.00 bits per heavy atom. The smallest absolute Gasteiger partial charge is 0.354 e. The van der Waals surface area contributed by atoms with Crippen LogP contribution in [0.25, 0.3) is 0 Å². The van der Waals surface area contributed by atoms with Crippen LogP contribution in [-0.4, -0.2) is 21.0 Å². The third-order valence-electron chi connectivity index (χ3n) is 2.06. The van der Waals surface area contributed by atoms with Crippen molar-refractivity contribution in [1.29, 1.82) is 0 Å². The van der Waals surface area contributed by atoms with Crippen molar-refractivity contribution in [3.63, 3.8) is 0 Å². The van der Waals surface area contributed by atoms with Gasteiger partial charge in [-0.15, -0.1) is 0 Å². The minimum Gasteiger partial charge on any atom is -0.477 e. The molecule has 0 aliphatic rings. The molecule has 5 heteroatoms. The molecule has 5 nitrogen and oxygen atoms in total. The van der Waals surface area contributed by atoms with Crippen molar-refractivity contribution in [2.75, 3.05) is 0 Å². The summed E-state index contributed by atoms with van der Waals surface area (Å²) < 4.78 is 5.30. The number of ether oxygens (including phenoxy) is 1. The van der Waals surface area contributed by atoms with E-state index < -0.39 is 5.97 Å². The standard InChI is InChI=1S/C12H10N2O3/c15-11(16)10-6-7-13-12(14-10)17-8-9-4-2-1-3-5-9/h1-7H,8H2,(H,15,16). The maximum atomic E-state index is 10.7. The van der Waals surface area contributed by atoms with Gasteiger partial charge in [-0.3, -0.25) is 0 Å². The van der Waals surface area contributed by atoms with Crippen LogP contribution in [0.3, 0.4) is 0 Å². The molecule has 0 saturated heterocycles. The van der Waals surface area contributed by atoms with E-state index in [2.05, 4.69) is 9.97 Å². The van der Waals surface area contributed by atoms with Crippen LogP contribution in [0.1, 0.15) is 16.1 Å². The van der Waals surface area contributed by atoms with Crippen LogP contribution in [0.2, 0.25) is 0 Å². The Morgan fingerprint density at radius 1 is 1.24 bits per heavy atom. The van der Waals surface area contributed by atoms with Crippen molar-refractivity contribution in [2.45, 2.75) is 6.61 Å². The number of hydrogen-bond donors (Lipinski definition) is 1. The minimum absolute atomic E-state index is 0.0637. The lowest BCUT2D eigenvalue weighted by atomic mass is 10.2. The van der Waals surface area contributed by atoms with Gasteiger partial charge in [0, 0.05) is 6.20 Å². The van der Waals surface area contributed by atoms with Gasteiger partial charge in [-0.1, -0.05) is 30.3 Å². The molecule has 1 heterocycles. The van der Waals surface area contributed by atoms with E-state index in [0.717, 1.165) is 5.56 Å². The second kappa shape index (κ2) is 5.07. The molecule has 0 aliphatic carbocycles. The van der Waals surface area contributed by atoms with Gasteiger partial charge in [0.25, 0.3) is 0 Å². The molecular formula is C12H10N2O3. The molecule has 1 aromatic heterocycles. The number of carbonyl (C=O) groups is 1. The molecule has 17 heavy (non-hydrogen) atoms. The normalized spacial score (nSPS) is 9.88. The number of hydrogen-bond acceptors (Lipinski definition) is 4. The lowest BCUT2D eigenvalue weighted by molar-refractivity contribution is 0.0688. The Balaban J connectivity index is 2.04. The van der Waals surface area contributed by atoms with Crippen LogP contribution >= 0.6 is 0 Å². The van der Waals surface area contributed by atoms with Crippen LogP contribution in [-0.2, 0) is 6.61 Å². The molecular weight excluding hydrogens is 220 g/mol. The fourth-order valence-corrected chi connectivity index (χ4v) is 1.25. The van der Waals surface area contributed by atoms with E-state index in [9.17, 15) is 4.79 Å². The van der Waals surface area contributed by atoms with Crippen molar-refractivity contribution in [2.24, 2.45) is 0 Å². The molecule has 0 radical (unpaired) electrons. The van der Waals surface area contributed by atoms with Crippen molar-refractivity contribution < 1.29 is 14.6 Å². The predicted molar refractivity (Wildman–Crippen MR) is 59.8 cm³/mol. The average Bonchev–Trinajstić information content (AvgIpc) is 2.38. The number of rotatable bonds is 4. The third kappa shape index (κ3) is 3.01. The highest BCUT2D eigenvalue weighted by Crippen LogP contribution is 2.07. The Hall–Kier alpha value is -2.43. The van der Waals surface area contributed by atoms with Gasteiger partial charge in [-0.05, 0) is 11.6 Å². The molecule has 0 atom stereocenters. The van der Waals surface area contributed by atoms with Crippen LogP contribution in [0, 0.1) is 0 Å². The van der Waals surface area contributed by atoms with E-state index in [1.54, 1.807) is 0 Å². The first-order valence-corrected chi connectivity index (χ1v) is 4.99.